The summed E-state index contributed by atoms with van der Waals surface area (Å²) in [4.78, 5) is 114. The van der Waals surface area contributed by atoms with E-state index in [1.807, 2.05) is 0 Å². The number of aliphatic hydroxyl groups excluding tert-OH is 1. The van der Waals surface area contributed by atoms with Crippen molar-refractivity contribution in [1.82, 2.24) is 36.8 Å². The number of nitrogens with two attached hydrogens (primary N) is 2. The van der Waals surface area contributed by atoms with Crippen molar-refractivity contribution in [1.29, 1.82) is 0 Å². The van der Waals surface area contributed by atoms with E-state index >= 15 is 0 Å². The van der Waals surface area contributed by atoms with Gasteiger partial charge < -0.3 is 58.5 Å². The summed E-state index contributed by atoms with van der Waals surface area (Å²) in [5.74, 6) is -8.06. The van der Waals surface area contributed by atoms with E-state index in [1.54, 1.807) is 27.7 Å². The number of primary amides is 1. The number of hydrogen-bond donors (Lipinski definition) is 10. The van der Waals surface area contributed by atoms with E-state index in [4.69, 9.17) is 16.6 Å². The lowest BCUT2D eigenvalue weighted by Gasteiger charge is -2.31. The van der Waals surface area contributed by atoms with Crippen LogP contribution in [0.5, 0.6) is 0 Å². The molecule has 0 unspecified atom stereocenters. The fraction of sp³-hybridized carbons (Fsp3) is 0.700. The molecule has 1 heterocycles. The molecule has 1 rings (SSSR count). The van der Waals surface area contributed by atoms with Crippen LogP contribution in [0.3, 0.4) is 0 Å². The zero-order valence-corrected chi connectivity index (χ0v) is 28.8. The number of amides is 8. The Kier molecular flexibility index (Phi) is 18.4. The Morgan fingerprint density at radius 2 is 1.42 bits per heavy atom. The maximum atomic E-state index is 13.6. The van der Waals surface area contributed by atoms with Gasteiger partial charge in [0.05, 0.1) is 19.7 Å². The van der Waals surface area contributed by atoms with Crippen LogP contribution in [0.4, 0.5) is 0 Å². The third-order valence-corrected chi connectivity index (χ3v) is 7.60. The molecule has 0 aromatic carbocycles. The first-order valence-electron chi connectivity index (χ1n) is 16.3. The second kappa shape index (κ2) is 21.3. The molecule has 20 heteroatoms. The van der Waals surface area contributed by atoms with E-state index in [9.17, 15) is 48.3 Å². The van der Waals surface area contributed by atoms with Crippen LogP contribution < -0.4 is 43.4 Å². The third-order valence-electron chi connectivity index (χ3n) is 7.60. The maximum absolute atomic E-state index is 13.6. The zero-order valence-electron chi connectivity index (χ0n) is 28.8. The summed E-state index contributed by atoms with van der Waals surface area (Å²) >= 11 is 0. The number of likely N-dealkylation sites (tertiary alicyclic amines) is 1. The molecule has 282 valence electrons. The Morgan fingerprint density at radius 1 is 0.800 bits per heavy atom. The van der Waals surface area contributed by atoms with Crippen molar-refractivity contribution in [3.8, 4) is 0 Å². The van der Waals surface area contributed by atoms with Gasteiger partial charge in [0.15, 0.2) is 0 Å². The zero-order chi connectivity index (χ0) is 38.1. The number of rotatable bonds is 21. The minimum Gasteiger partial charge on any atom is -0.480 e. The van der Waals surface area contributed by atoms with Crippen molar-refractivity contribution in [3.05, 3.63) is 0 Å². The summed E-state index contributed by atoms with van der Waals surface area (Å²) in [6.07, 6.45) is 0.223. The molecule has 0 aliphatic carbocycles. The van der Waals surface area contributed by atoms with Gasteiger partial charge in [-0.25, -0.2) is 0 Å². The molecule has 8 amide bonds. The summed E-state index contributed by atoms with van der Waals surface area (Å²) in [6.45, 7) is 4.53. The van der Waals surface area contributed by atoms with Gasteiger partial charge in [0.2, 0.25) is 47.3 Å². The molecule has 0 radical (unpaired) electrons. The monoisotopic (exact) mass is 713 g/mol. The molecule has 1 aliphatic heterocycles. The molecule has 5 atom stereocenters. The number of aliphatic carboxylic acids is 1. The van der Waals surface area contributed by atoms with Gasteiger partial charge in [-0.05, 0) is 37.5 Å². The summed E-state index contributed by atoms with van der Waals surface area (Å²) in [7, 11) is 0. The molecule has 0 spiro atoms. The second-order valence-electron chi connectivity index (χ2n) is 12.6. The van der Waals surface area contributed by atoms with E-state index < -0.39 is 109 Å². The first-order chi connectivity index (χ1) is 23.4. The molecule has 12 N–H and O–H groups in total. The van der Waals surface area contributed by atoms with Gasteiger partial charge in [-0.15, -0.1) is 0 Å². The summed E-state index contributed by atoms with van der Waals surface area (Å²) in [5.41, 5.74) is 10.5. The molecule has 1 fully saturated rings. The van der Waals surface area contributed by atoms with Gasteiger partial charge in [0, 0.05) is 13.0 Å². The Bertz CT molecular complexity index is 1260. The number of carboxylic acids is 1. The normalized spacial score (nSPS) is 16.4. The highest BCUT2D eigenvalue weighted by molar-refractivity contribution is 5.97. The maximum Gasteiger partial charge on any atom is 0.322 e. The highest BCUT2D eigenvalue weighted by Crippen LogP contribution is 2.20. The number of nitrogens with one attached hydrogen (secondary N) is 6. The topological polar surface area (TPSA) is 322 Å². The van der Waals surface area contributed by atoms with Crippen molar-refractivity contribution in [2.24, 2.45) is 23.3 Å². The average molecular weight is 714 g/mol. The van der Waals surface area contributed by atoms with E-state index in [-0.39, 0.29) is 44.7 Å². The number of aliphatic hydroxyl groups is 1. The molecular weight excluding hydrogens is 662 g/mol. The van der Waals surface area contributed by atoms with Crippen molar-refractivity contribution in [2.75, 3.05) is 32.8 Å². The first-order valence-corrected chi connectivity index (χ1v) is 16.3. The van der Waals surface area contributed by atoms with Crippen molar-refractivity contribution < 1.29 is 53.4 Å². The van der Waals surface area contributed by atoms with Crippen LogP contribution in [0.25, 0.3) is 0 Å². The minimum absolute atomic E-state index is 0.0860. The van der Waals surface area contributed by atoms with E-state index in [0.29, 0.717) is 6.42 Å². The molecule has 20 nitrogen and oxygen atoms in total. The first kappa shape index (κ1) is 43.2. The number of hydrogen-bond acceptors (Lipinski definition) is 11. The predicted octanol–water partition coefficient (Wildman–Crippen LogP) is -4.85. The van der Waals surface area contributed by atoms with Crippen LogP contribution in [-0.2, 0) is 43.2 Å². The van der Waals surface area contributed by atoms with E-state index in [1.165, 1.54) is 4.90 Å². The standard InChI is InChI=1S/C30H51N9O11/c1-15(2)10-18(37-27(47)19(14-40)35-23(43)12-33-22(42)11-31)26(46)38-25(16(3)4)29(49)36-17(7-8-21(32)41)30(50)39-9-5-6-20(39)28(48)34-13-24(44)45/h15-20,25,40H,5-14,31H2,1-4H3,(H2,32,41)(H,33,42)(H,34,48)(H,35,43)(H,36,49)(H,37,47)(H,38,46)(H,44,45)/t17-,18-,19-,20-,25-/m0/s1. The van der Waals surface area contributed by atoms with Crippen LogP contribution in [0.1, 0.15) is 59.8 Å². The molecule has 0 aromatic heterocycles. The average Bonchev–Trinajstić information content (AvgIpc) is 3.54. The van der Waals surface area contributed by atoms with Gasteiger partial charge in [0.1, 0.15) is 36.8 Å². The van der Waals surface area contributed by atoms with Crippen molar-refractivity contribution in [2.45, 2.75) is 90.0 Å². The third kappa shape index (κ3) is 14.7. The lowest BCUT2D eigenvalue weighted by atomic mass is 9.99. The molecule has 1 saturated heterocycles. The van der Waals surface area contributed by atoms with Gasteiger partial charge in [0.25, 0.3) is 0 Å². The van der Waals surface area contributed by atoms with E-state index in [0.717, 1.165) is 0 Å². The smallest absolute Gasteiger partial charge is 0.322 e. The highest BCUT2D eigenvalue weighted by Gasteiger charge is 2.39. The second-order valence-corrected chi connectivity index (χ2v) is 12.6. The van der Waals surface area contributed by atoms with Gasteiger partial charge in [-0.1, -0.05) is 27.7 Å². The number of carboxylic acid groups (broad SMARTS) is 1. The lowest BCUT2D eigenvalue weighted by molar-refractivity contribution is -0.143. The van der Waals surface area contributed by atoms with Crippen molar-refractivity contribution >= 4 is 53.2 Å². The molecular formula is C30H51N9O11. The fourth-order valence-electron chi connectivity index (χ4n) is 5.04. The van der Waals surface area contributed by atoms with Gasteiger partial charge >= 0.3 is 5.97 Å². The number of nitrogens with zero attached hydrogens (tertiary/aromatic N) is 1. The predicted molar refractivity (Wildman–Crippen MR) is 175 cm³/mol. The van der Waals surface area contributed by atoms with Crippen LogP contribution in [0.2, 0.25) is 0 Å². The summed E-state index contributed by atoms with van der Waals surface area (Å²) < 4.78 is 0. The highest BCUT2D eigenvalue weighted by atomic mass is 16.4. The Morgan fingerprint density at radius 3 is 1.96 bits per heavy atom. The fourth-order valence-corrected chi connectivity index (χ4v) is 5.04. The Labute approximate surface area is 289 Å². The quantitative estimate of drug-likeness (QED) is 0.0536. The van der Waals surface area contributed by atoms with Gasteiger partial charge in [-0.3, -0.25) is 43.2 Å². The molecule has 0 aromatic rings. The summed E-state index contributed by atoms with van der Waals surface area (Å²) in [5, 5.41) is 32.9. The Hall–Kier alpha value is -4.85. The van der Waals surface area contributed by atoms with Crippen molar-refractivity contribution in [3.63, 3.8) is 0 Å². The molecule has 0 saturated carbocycles. The lowest BCUT2D eigenvalue weighted by Crippen LogP contribution is -2.60. The van der Waals surface area contributed by atoms with Crippen LogP contribution in [0, 0.1) is 11.8 Å². The van der Waals surface area contributed by atoms with E-state index in [2.05, 4.69) is 31.9 Å². The SMILES string of the molecule is CC(C)C[C@H](NC(=O)[C@H](CO)NC(=O)CNC(=O)CN)C(=O)N[C@H](C(=O)N[C@@H](CCC(N)=O)C(=O)N1CCC[C@H]1C(=O)NCC(=O)O)C(C)C. The number of carbonyl (C=O) groups excluding carboxylic acids is 8. The van der Waals surface area contributed by atoms with Gasteiger partial charge in [-0.2, -0.15) is 0 Å². The van der Waals surface area contributed by atoms with Crippen LogP contribution in [-0.4, -0.2) is 131 Å². The van der Waals surface area contributed by atoms with Crippen LogP contribution in [0.15, 0.2) is 0 Å². The molecule has 1 aliphatic rings. The Balaban J connectivity index is 3.14. The number of carbonyl (C=O) groups is 9. The molecule has 50 heavy (non-hydrogen) atoms. The molecule has 0 bridgehead atoms. The minimum atomic E-state index is -1.48. The summed E-state index contributed by atoms with van der Waals surface area (Å²) in [6, 6.07) is -6.32. The van der Waals surface area contributed by atoms with Crippen LogP contribution >= 0.6 is 0 Å². The largest absolute Gasteiger partial charge is 0.480 e.